The monoisotopic (exact) mass is 472 g/mol. The first-order valence-electron chi connectivity index (χ1n) is 10.6. The Morgan fingerprint density at radius 3 is 1.36 bits per heavy atom. The van der Waals surface area contributed by atoms with Crippen LogP contribution in [0, 0.1) is 11.8 Å². The predicted molar refractivity (Wildman–Crippen MR) is 118 cm³/mol. The molecule has 0 aliphatic carbocycles. The minimum absolute atomic E-state index is 0.0299. The van der Waals surface area contributed by atoms with Crippen LogP contribution in [-0.2, 0) is 28.8 Å². The number of rotatable bonds is 15. The summed E-state index contributed by atoms with van der Waals surface area (Å²) in [5.41, 5.74) is 15.7. The molecular weight excluding hydrogens is 436 g/mol. The maximum absolute atomic E-state index is 12.9. The second kappa shape index (κ2) is 14.0. The summed E-state index contributed by atoms with van der Waals surface area (Å²) in [4.78, 5) is 71.3. The van der Waals surface area contributed by atoms with Crippen molar-refractivity contribution in [2.24, 2.45) is 29.0 Å². The third-order valence-corrected chi connectivity index (χ3v) is 4.46. The molecule has 0 fully saturated rings. The number of carbonyl (C=O) groups excluding carboxylic acids is 5. The normalized spacial score (nSPS) is 14.6. The molecule has 0 aliphatic heterocycles. The van der Waals surface area contributed by atoms with Crippen LogP contribution >= 0.6 is 0 Å². The lowest BCUT2D eigenvalue weighted by Crippen LogP contribution is -2.58. The van der Waals surface area contributed by atoms with E-state index in [9.17, 15) is 33.9 Å². The summed E-state index contributed by atoms with van der Waals surface area (Å²) in [5, 5.41) is 16.4. The van der Waals surface area contributed by atoms with Gasteiger partial charge in [0.1, 0.15) is 18.1 Å². The Labute approximate surface area is 192 Å². The lowest BCUT2D eigenvalue weighted by atomic mass is 9.99. The second-order valence-corrected chi connectivity index (χ2v) is 8.73. The number of nitrogens with one attached hydrogen (secondary N) is 3. The average Bonchev–Trinajstić information content (AvgIpc) is 2.64. The zero-order valence-electron chi connectivity index (χ0n) is 19.4. The molecule has 5 amide bonds. The molecule has 188 valence electrons. The fraction of sp³-hybridized carbons (Fsp3) is 0.700. The minimum atomic E-state index is -1.56. The quantitative estimate of drug-likeness (QED) is 0.136. The first kappa shape index (κ1) is 29.8. The predicted octanol–water partition coefficient (Wildman–Crippen LogP) is -2.30. The SMILES string of the molecule is CC(C)CC(NC(=O)C(N)CC(N)=O)C(=O)NC(CC(C)C)C(=O)NC(CC(N)=O)C(=O)O. The Morgan fingerprint density at radius 2 is 1.03 bits per heavy atom. The van der Waals surface area contributed by atoms with Crippen LogP contribution in [0.5, 0.6) is 0 Å². The zero-order valence-corrected chi connectivity index (χ0v) is 19.4. The number of carboxylic acids is 1. The second-order valence-electron chi connectivity index (χ2n) is 8.73. The van der Waals surface area contributed by atoms with Crippen LogP contribution in [0.4, 0.5) is 0 Å². The average molecular weight is 473 g/mol. The maximum Gasteiger partial charge on any atom is 0.326 e. The number of carboxylic acid groups (broad SMARTS) is 1. The molecule has 0 heterocycles. The first-order chi connectivity index (χ1) is 15.1. The Kier molecular flexibility index (Phi) is 12.7. The summed E-state index contributed by atoms with van der Waals surface area (Å²) in [6.45, 7) is 7.21. The van der Waals surface area contributed by atoms with Gasteiger partial charge < -0.3 is 38.3 Å². The number of primary amides is 2. The van der Waals surface area contributed by atoms with Crippen molar-refractivity contribution in [3.8, 4) is 0 Å². The van der Waals surface area contributed by atoms with Crippen LogP contribution in [0.3, 0.4) is 0 Å². The molecule has 0 rings (SSSR count). The van der Waals surface area contributed by atoms with Gasteiger partial charge in [0.2, 0.25) is 29.5 Å². The smallest absolute Gasteiger partial charge is 0.326 e. The molecule has 0 spiro atoms. The van der Waals surface area contributed by atoms with Crippen molar-refractivity contribution >= 4 is 35.5 Å². The molecule has 0 aromatic heterocycles. The van der Waals surface area contributed by atoms with E-state index < -0.39 is 72.5 Å². The van der Waals surface area contributed by atoms with Gasteiger partial charge in [-0.15, -0.1) is 0 Å². The Hall–Kier alpha value is -3.22. The summed E-state index contributed by atoms with van der Waals surface area (Å²) in [6.07, 6.45) is -0.663. The van der Waals surface area contributed by atoms with E-state index in [-0.39, 0.29) is 24.7 Å². The molecule has 10 N–H and O–H groups in total. The summed E-state index contributed by atoms with van der Waals surface area (Å²) >= 11 is 0. The molecule has 4 unspecified atom stereocenters. The van der Waals surface area contributed by atoms with Crippen molar-refractivity contribution in [1.82, 2.24) is 16.0 Å². The van der Waals surface area contributed by atoms with E-state index in [0.29, 0.717) is 0 Å². The fourth-order valence-electron chi connectivity index (χ4n) is 2.94. The number of aliphatic carboxylic acids is 1. The van der Waals surface area contributed by atoms with E-state index in [0.717, 1.165) is 0 Å². The van der Waals surface area contributed by atoms with Crippen LogP contribution in [0.1, 0.15) is 53.4 Å². The van der Waals surface area contributed by atoms with E-state index >= 15 is 0 Å². The fourth-order valence-corrected chi connectivity index (χ4v) is 2.94. The highest BCUT2D eigenvalue weighted by Crippen LogP contribution is 2.10. The van der Waals surface area contributed by atoms with Gasteiger partial charge >= 0.3 is 5.97 Å². The number of hydrogen-bond donors (Lipinski definition) is 7. The van der Waals surface area contributed by atoms with E-state index in [1.807, 2.05) is 13.8 Å². The molecule has 4 atom stereocenters. The van der Waals surface area contributed by atoms with Crippen LogP contribution in [0.25, 0.3) is 0 Å². The van der Waals surface area contributed by atoms with E-state index in [4.69, 9.17) is 17.2 Å². The molecule has 13 heteroatoms. The van der Waals surface area contributed by atoms with Crippen LogP contribution in [0.2, 0.25) is 0 Å². The molecule has 33 heavy (non-hydrogen) atoms. The van der Waals surface area contributed by atoms with Crippen molar-refractivity contribution in [1.29, 1.82) is 0 Å². The van der Waals surface area contributed by atoms with Crippen molar-refractivity contribution in [3.63, 3.8) is 0 Å². The Bertz CT molecular complexity index is 740. The van der Waals surface area contributed by atoms with Gasteiger partial charge in [-0.2, -0.15) is 0 Å². The molecule has 0 radical (unpaired) electrons. The highest BCUT2D eigenvalue weighted by molar-refractivity contribution is 5.95. The maximum atomic E-state index is 12.9. The van der Waals surface area contributed by atoms with Crippen LogP contribution in [0.15, 0.2) is 0 Å². The van der Waals surface area contributed by atoms with Crippen molar-refractivity contribution < 1.29 is 33.9 Å². The number of hydrogen-bond acceptors (Lipinski definition) is 7. The Morgan fingerprint density at radius 1 is 0.667 bits per heavy atom. The summed E-state index contributed by atoms with van der Waals surface area (Å²) in [6, 6.07) is -5.01. The molecule has 0 saturated heterocycles. The minimum Gasteiger partial charge on any atom is -0.480 e. The van der Waals surface area contributed by atoms with Gasteiger partial charge in [-0.25, -0.2) is 4.79 Å². The lowest BCUT2D eigenvalue weighted by molar-refractivity contribution is -0.144. The molecule has 0 bridgehead atoms. The molecule has 0 aromatic carbocycles. The van der Waals surface area contributed by atoms with Gasteiger partial charge in [-0.1, -0.05) is 27.7 Å². The van der Waals surface area contributed by atoms with E-state index in [2.05, 4.69) is 16.0 Å². The first-order valence-corrected chi connectivity index (χ1v) is 10.6. The van der Waals surface area contributed by atoms with Gasteiger partial charge in [-0.3, -0.25) is 24.0 Å². The number of amides is 5. The summed E-state index contributed by atoms with van der Waals surface area (Å²) in [7, 11) is 0. The van der Waals surface area contributed by atoms with E-state index in [1.165, 1.54) is 0 Å². The molecular formula is C20H36N6O7. The number of carbonyl (C=O) groups is 6. The van der Waals surface area contributed by atoms with Gasteiger partial charge in [0.05, 0.1) is 18.9 Å². The topological polar surface area (TPSA) is 237 Å². The van der Waals surface area contributed by atoms with Crippen molar-refractivity contribution in [2.45, 2.75) is 77.5 Å². The largest absolute Gasteiger partial charge is 0.480 e. The van der Waals surface area contributed by atoms with Gasteiger partial charge in [0, 0.05) is 0 Å². The van der Waals surface area contributed by atoms with Gasteiger partial charge in [0.25, 0.3) is 0 Å². The lowest BCUT2D eigenvalue weighted by Gasteiger charge is -2.26. The molecule has 0 aromatic rings. The summed E-state index contributed by atoms with van der Waals surface area (Å²) in [5.74, 6) is -5.51. The van der Waals surface area contributed by atoms with Crippen molar-refractivity contribution in [3.05, 3.63) is 0 Å². The third kappa shape index (κ3) is 12.4. The zero-order chi connectivity index (χ0) is 25.9. The third-order valence-electron chi connectivity index (χ3n) is 4.46. The van der Waals surface area contributed by atoms with Crippen molar-refractivity contribution in [2.75, 3.05) is 0 Å². The molecule has 13 nitrogen and oxygen atoms in total. The number of nitrogens with two attached hydrogens (primary N) is 3. The van der Waals surface area contributed by atoms with Gasteiger partial charge in [0.15, 0.2) is 0 Å². The van der Waals surface area contributed by atoms with Gasteiger partial charge in [-0.05, 0) is 24.7 Å². The standard InChI is InChI=1S/C20H36N6O7/c1-9(2)5-12(24-17(29)11(21)7-15(22)27)18(30)25-13(6-10(3)4)19(31)26-14(20(32)33)8-16(23)28/h9-14H,5-8,21H2,1-4H3,(H2,22,27)(H2,23,28)(H,24,29)(H,25,30)(H,26,31)(H,32,33). The van der Waals surface area contributed by atoms with Crippen LogP contribution < -0.4 is 33.2 Å². The Balaban J connectivity index is 5.54. The highest BCUT2D eigenvalue weighted by atomic mass is 16.4. The highest BCUT2D eigenvalue weighted by Gasteiger charge is 2.31. The van der Waals surface area contributed by atoms with Crippen LogP contribution in [-0.4, -0.2) is 64.8 Å². The summed E-state index contributed by atoms with van der Waals surface area (Å²) < 4.78 is 0. The van der Waals surface area contributed by atoms with E-state index in [1.54, 1.807) is 13.8 Å². The molecule has 0 saturated carbocycles. The molecule has 0 aliphatic rings.